The molecule has 0 aliphatic rings. The van der Waals surface area contributed by atoms with E-state index in [1.807, 2.05) is 0 Å². The number of aromatic nitrogens is 2. The lowest BCUT2D eigenvalue weighted by Gasteiger charge is -2.10. The highest BCUT2D eigenvalue weighted by Crippen LogP contribution is 2.35. The molecule has 1 aromatic heterocycles. The number of nitrogens with zero attached hydrogens (tertiary/aromatic N) is 2. The molecule has 1 N–H and O–H groups in total. The van der Waals surface area contributed by atoms with Gasteiger partial charge in [-0.15, -0.1) is 0 Å². The normalized spacial score (nSPS) is 12.2. The van der Waals surface area contributed by atoms with Gasteiger partial charge in [0.1, 0.15) is 5.75 Å². The Morgan fingerprint density at radius 1 is 1.25 bits per heavy atom. The SMILES string of the molecule is COc1ccc(-[n+]2[nH]oc(=O)c2C([O-])=Nc2cc(C(F)(F)F)ccc2Cl)cc1. The number of methoxy groups -OCH3 is 1. The molecule has 7 nitrogen and oxygen atoms in total. The topological polar surface area (TPSA) is 94.5 Å². The number of aliphatic imine (C=N–C) groups is 1. The summed E-state index contributed by atoms with van der Waals surface area (Å²) in [6, 6.07) is 8.54. The lowest BCUT2D eigenvalue weighted by atomic mass is 10.2. The van der Waals surface area contributed by atoms with Gasteiger partial charge in [-0.05, 0) is 40.3 Å². The summed E-state index contributed by atoms with van der Waals surface area (Å²) in [6.07, 6.45) is -4.64. The average molecular weight is 414 g/mol. The van der Waals surface area contributed by atoms with Gasteiger partial charge in [-0.3, -0.25) is 9.52 Å². The molecule has 146 valence electrons. The predicted molar refractivity (Wildman–Crippen MR) is 90.1 cm³/mol. The van der Waals surface area contributed by atoms with Crippen molar-refractivity contribution in [3.63, 3.8) is 0 Å². The van der Waals surface area contributed by atoms with Crippen molar-refractivity contribution in [2.45, 2.75) is 6.18 Å². The maximum absolute atomic E-state index is 12.9. The molecule has 28 heavy (non-hydrogen) atoms. The second kappa shape index (κ2) is 7.39. The summed E-state index contributed by atoms with van der Waals surface area (Å²) >= 11 is 5.84. The van der Waals surface area contributed by atoms with Crippen molar-refractivity contribution in [2.24, 2.45) is 4.99 Å². The Balaban J connectivity index is 2.07. The van der Waals surface area contributed by atoms with Gasteiger partial charge >= 0.3 is 17.5 Å². The standard InChI is InChI=1S/C17H11ClF3N3O4/c1-27-11-5-3-10(4-6-11)24-14(16(26)28-23-24)15(25)22-13-8-9(17(19,20)21)2-7-12(13)18/h2-8H,1H3,(H-,22,23,25,26). The molecule has 0 bridgehead atoms. The zero-order valence-corrected chi connectivity index (χ0v) is 14.8. The Bertz CT molecular complexity index is 1090. The Hall–Kier alpha value is -3.27. The fourth-order valence-electron chi connectivity index (χ4n) is 2.31. The first kappa shape index (κ1) is 19.5. The molecular weight excluding hydrogens is 403 g/mol. The zero-order chi connectivity index (χ0) is 20.5. The van der Waals surface area contributed by atoms with E-state index >= 15 is 0 Å². The third-order valence-corrected chi connectivity index (χ3v) is 3.99. The van der Waals surface area contributed by atoms with E-state index in [1.165, 1.54) is 19.2 Å². The van der Waals surface area contributed by atoms with Crippen LogP contribution in [0.25, 0.3) is 5.69 Å². The molecule has 0 radical (unpaired) electrons. The summed E-state index contributed by atoms with van der Waals surface area (Å²) in [5.74, 6) is -0.601. The number of nitrogens with one attached hydrogen (secondary N) is 1. The van der Waals surface area contributed by atoms with Gasteiger partial charge in [0, 0.05) is 12.1 Å². The maximum atomic E-state index is 12.9. The van der Waals surface area contributed by atoms with Crippen LogP contribution in [0, 0.1) is 0 Å². The molecule has 0 aliphatic carbocycles. The van der Waals surface area contributed by atoms with Gasteiger partial charge in [-0.2, -0.15) is 13.2 Å². The van der Waals surface area contributed by atoms with Crippen molar-refractivity contribution >= 4 is 23.2 Å². The Morgan fingerprint density at radius 3 is 2.54 bits per heavy atom. The predicted octanol–water partition coefficient (Wildman–Crippen LogP) is 2.36. The molecule has 2 aromatic carbocycles. The van der Waals surface area contributed by atoms with Gasteiger partial charge in [0.05, 0.1) is 29.3 Å². The third-order valence-electron chi connectivity index (χ3n) is 3.68. The first-order valence-electron chi connectivity index (χ1n) is 7.61. The molecule has 0 atom stereocenters. The number of halogens is 4. The minimum absolute atomic E-state index is 0.183. The van der Waals surface area contributed by atoms with Gasteiger partial charge in [-0.1, -0.05) is 11.6 Å². The quantitative estimate of drug-likeness (QED) is 0.403. The van der Waals surface area contributed by atoms with Gasteiger partial charge in [0.25, 0.3) is 0 Å². The second-order valence-electron chi connectivity index (χ2n) is 5.44. The summed E-state index contributed by atoms with van der Waals surface area (Å²) in [5, 5.41) is 14.6. The lowest BCUT2D eigenvalue weighted by Crippen LogP contribution is -2.44. The van der Waals surface area contributed by atoms with Gasteiger partial charge in [0.15, 0.2) is 0 Å². The van der Waals surface area contributed by atoms with Crippen molar-refractivity contribution in [2.75, 3.05) is 7.11 Å². The van der Waals surface area contributed by atoms with Gasteiger partial charge < -0.3 is 9.84 Å². The van der Waals surface area contributed by atoms with Crippen molar-refractivity contribution in [1.82, 2.24) is 5.27 Å². The largest absolute Gasteiger partial charge is 0.854 e. The van der Waals surface area contributed by atoms with Crippen molar-refractivity contribution in [1.29, 1.82) is 0 Å². The van der Waals surface area contributed by atoms with E-state index in [-0.39, 0.29) is 5.02 Å². The van der Waals surface area contributed by atoms with Crippen molar-refractivity contribution in [3.8, 4) is 11.4 Å². The highest BCUT2D eigenvalue weighted by Gasteiger charge is 2.31. The van der Waals surface area contributed by atoms with Crippen molar-refractivity contribution < 1.29 is 32.2 Å². The molecule has 0 unspecified atom stereocenters. The number of aromatic amines is 1. The van der Waals surface area contributed by atoms with E-state index in [0.29, 0.717) is 17.5 Å². The number of hydrogen-bond acceptors (Lipinski definition) is 5. The van der Waals surface area contributed by atoms with Crippen LogP contribution in [0.3, 0.4) is 0 Å². The minimum Gasteiger partial charge on any atom is -0.854 e. The molecule has 0 saturated heterocycles. The molecule has 0 aliphatic heterocycles. The average Bonchev–Trinajstić information content (AvgIpc) is 3.04. The third kappa shape index (κ3) is 3.86. The number of rotatable bonds is 4. The van der Waals surface area contributed by atoms with E-state index in [4.69, 9.17) is 16.3 Å². The van der Waals surface area contributed by atoms with Crippen LogP contribution < -0.4 is 20.2 Å². The first-order valence-corrected chi connectivity index (χ1v) is 7.99. The molecule has 3 rings (SSSR count). The first-order chi connectivity index (χ1) is 13.2. The number of H-pyrrole nitrogens is 1. The Kier molecular flexibility index (Phi) is 5.14. The molecule has 1 heterocycles. The summed E-state index contributed by atoms with van der Waals surface area (Å²) in [5.41, 5.74) is -2.72. The molecule has 0 spiro atoms. The van der Waals surface area contributed by atoms with Gasteiger partial charge in [-0.25, -0.2) is 4.79 Å². The lowest BCUT2D eigenvalue weighted by molar-refractivity contribution is -0.673. The summed E-state index contributed by atoms with van der Waals surface area (Å²) in [7, 11) is 1.47. The number of hydrogen-bond donors (Lipinski definition) is 1. The summed E-state index contributed by atoms with van der Waals surface area (Å²) < 4.78 is 49.3. The van der Waals surface area contributed by atoms with E-state index < -0.39 is 34.6 Å². The maximum Gasteiger partial charge on any atom is 0.436 e. The molecule has 0 amide bonds. The van der Waals surface area contributed by atoms with Crippen LogP contribution in [0.15, 0.2) is 56.8 Å². The molecule has 11 heteroatoms. The van der Waals surface area contributed by atoms with Gasteiger partial charge in [0.2, 0.25) is 5.69 Å². The van der Waals surface area contributed by atoms with Crippen LogP contribution >= 0.6 is 11.6 Å². The summed E-state index contributed by atoms with van der Waals surface area (Å²) in [6.45, 7) is 0. The molecular formula is C17H11ClF3N3O4. The Labute approximate surface area is 160 Å². The van der Waals surface area contributed by atoms with Crippen molar-refractivity contribution in [3.05, 3.63) is 69.2 Å². The van der Waals surface area contributed by atoms with Crippen LogP contribution in [-0.2, 0) is 6.18 Å². The van der Waals surface area contributed by atoms with E-state index in [1.54, 1.807) is 12.1 Å². The van der Waals surface area contributed by atoms with Crippen LogP contribution in [0.2, 0.25) is 5.02 Å². The van der Waals surface area contributed by atoms with Crippen LogP contribution in [0.4, 0.5) is 18.9 Å². The fourth-order valence-corrected chi connectivity index (χ4v) is 2.47. The molecule has 0 saturated carbocycles. The zero-order valence-electron chi connectivity index (χ0n) is 14.1. The Morgan fingerprint density at radius 2 is 1.93 bits per heavy atom. The van der Waals surface area contributed by atoms with E-state index in [0.717, 1.165) is 16.8 Å². The fraction of sp³-hybridized carbons (Fsp3) is 0.118. The van der Waals surface area contributed by atoms with Crippen LogP contribution in [0.1, 0.15) is 11.3 Å². The monoisotopic (exact) mass is 413 g/mol. The van der Waals surface area contributed by atoms with E-state index in [2.05, 4.69) is 14.8 Å². The number of ether oxygens (including phenoxy) is 1. The smallest absolute Gasteiger partial charge is 0.436 e. The van der Waals surface area contributed by atoms with Crippen LogP contribution in [-0.4, -0.2) is 18.3 Å². The highest BCUT2D eigenvalue weighted by atomic mass is 35.5. The molecule has 0 fully saturated rings. The van der Waals surface area contributed by atoms with E-state index in [9.17, 15) is 23.1 Å². The number of alkyl halides is 3. The summed E-state index contributed by atoms with van der Waals surface area (Å²) in [4.78, 5) is 15.5. The van der Waals surface area contributed by atoms with Crippen LogP contribution in [0.5, 0.6) is 5.75 Å². The molecule has 3 aromatic rings. The number of benzene rings is 2. The minimum atomic E-state index is -4.64. The highest BCUT2D eigenvalue weighted by molar-refractivity contribution is 6.33. The second-order valence-corrected chi connectivity index (χ2v) is 5.85.